The van der Waals surface area contributed by atoms with Crippen LogP contribution in [-0.2, 0) is 14.6 Å². The molecule has 0 radical (unpaired) electrons. The number of aliphatic hydroxyl groups is 1. The number of amides is 1. The molecule has 1 heterocycles. The molecular weight excluding hydrogens is 437 g/mol. The number of carbonyl (C=O) groups excluding carboxylic acids is 1. The fraction of sp³-hybridized carbons (Fsp3) is 0.333. The Morgan fingerprint density at radius 3 is 2.50 bits per heavy atom. The van der Waals surface area contributed by atoms with Gasteiger partial charge in [-0.05, 0) is 56.2 Å². The molecule has 32 heavy (non-hydrogen) atoms. The van der Waals surface area contributed by atoms with E-state index in [1.807, 2.05) is 5.01 Å². The number of anilines is 1. The summed E-state index contributed by atoms with van der Waals surface area (Å²) in [5.41, 5.74) is -2.04. The number of carbonyl (C=O) groups is 1. The Bertz CT molecular complexity index is 1170. The van der Waals surface area contributed by atoms with Gasteiger partial charge in [-0.3, -0.25) is 9.80 Å². The van der Waals surface area contributed by atoms with Crippen LogP contribution in [0.3, 0.4) is 0 Å². The second kappa shape index (κ2) is 9.42. The standard InChI is InChI=1S/C21H22FN5O4S/c1-21(29,20(28)24-16-7-10-19(23-2)18(22)13-16)14-32(30,31)17-8-5-15(6-9-17)25-26-27-11-3-4-12-27/h5-10,13,29H,3-4,11-12,14H2,1H3,(H,24,28)/t21-/m0/s1. The van der Waals surface area contributed by atoms with Gasteiger partial charge in [-0.2, -0.15) is 0 Å². The molecule has 0 aromatic heterocycles. The van der Waals surface area contributed by atoms with Crippen LogP contribution in [-0.4, -0.2) is 48.9 Å². The highest BCUT2D eigenvalue weighted by molar-refractivity contribution is 7.91. The third kappa shape index (κ3) is 5.66. The Morgan fingerprint density at radius 1 is 1.25 bits per heavy atom. The molecule has 0 bridgehead atoms. The van der Waals surface area contributed by atoms with E-state index in [-0.39, 0.29) is 16.3 Å². The number of hydrogen-bond acceptors (Lipinski definition) is 6. The zero-order valence-corrected chi connectivity index (χ0v) is 18.1. The van der Waals surface area contributed by atoms with Crippen LogP contribution in [0.4, 0.5) is 21.5 Å². The lowest BCUT2D eigenvalue weighted by Gasteiger charge is -2.22. The molecule has 1 aliphatic rings. The van der Waals surface area contributed by atoms with Crippen molar-refractivity contribution in [2.24, 2.45) is 10.3 Å². The first-order chi connectivity index (χ1) is 15.1. The van der Waals surface area contributed by atoms with Gasteiger partial charge in [-0.15, -0.1) is 5.11 Å². The normalized spacial score (nSPS) is 16.0. The third-order valence-electron chi connectivity index (χ3n) is 4.85. The van der Waals surface area contributed by atoms with Gasteiger partial charge in [0, 0.05) is 18.8 Å². The van der Waals surface area contributed by atoms with E-state index in [9.17, 15) is 22.7 Å². The van der Waals surface area contributed by atoms with Crippen LogP contribution in [0.2, 0.25) is 0 Å². The maximum Gasteiger partial charge on any atom is 0.257 e. The minimum Gasteiger partial charge on any atom is -0.379 e. The molecule has 9 nitrogen and oxygen atoms in total. The van der Waals surface area contributed by atoms with Crippen LogP contribution in [0.5, 0.6) is 0 Å². The number of benzene rings is 2. The monoisotopic (exact) mass is 459 g/mol. The van der Waals surface area contributed by atoms with Crippen LogP contribution in [0.25, 0.3) is 4.85 Å². The van der Waals surface area contributed by atoms with Gasteiger partial charge in [0.25, 0.3) is 5.91 Å². The lowest BCUT2D eigenvalue weighted by atomic mass is 10.1. The minimum atomic E-state index is -4.03. The number of halogens is 1. The Labute approximate surface area is 185 Å². The number of nitrogens with zero attached hydrogens (tertiary/aromatic N) is 4. The maximum atomic E-state index is 13.7. The molecule has 1 aliphatic heterocycles. The summed E-state index contributed by atoms with van der Waals surface area (Å²) >= 11 is 0. The van der Waals surface area contributed by atoms with Crippen molar-refractivity contribution < 1.29 is 22.7 Å². The lowest BCUT2D eigenvalue weighted by molar-refractivity contribution is -0.130. The Hall–Kier alpha value is -3.36. The van der Waals surface area contributed by atoms with E-state index in [0.717, 1.165) is 38.9 Å². The second-order valence-corrected chi connectivity index (χ2v) is 9.60. The molecule has 1 saturated heterocycles. The van der Waals surface area contributed by atoms with Crippen LogP contribution < -0.4 is 5.32 Å². The summed E-state index contributed by atoms with van der Waals surface area (Å²) in [4.78, 5) is 15.3. The third-order valence-corrected chi connectivity index (χ3v) is 6.78. The van der Waals surface area contributed by atoms with E-state index in [0.29, 0.717) is 5.69 Å². The molecule has 0 spiro atoms. The van der Waals surface area contributed by atoms with Crippen molar-refractivity contribution in [2.45, 2.75) is 30.3 Å². The van der Waals surface area contributed by atoms with Crippen molar-refractivity contribution in [1.82, 2.24) is 5.01 Å². The second-order valence-electron chi connectivity index (χ2n) is 7.61. The molecule has 3 rings (SSSR count). The first-order valence-corrected chi connectivity index (χ1v) is 11.5. The molecule has 2 aromatic carbocycles. The Kier molecular flexibility index (Phi) is 6.86. The zero-order valence-electron chi connectivity index (χ0n) is 17.3. The molecule has 11 heteroatoms. The highest BCUT2D eigenvalue weighted by atomic mass is 32.2. The van der Waals surface area contributed by atoms with Crippen molar-refractivity contribution in [3.63, 3.8) is 0 Å². The van der Waals surface area contributed by atoms with Gasteiger partial charge in [-0.1, -0.05) is 11.3 Å². The van der Waals surface area contributed by atoms with Crippen molar-refractivity contribution in [3.05, 3.63) is 59.7 Å². The van der Waals surface area contributed by atoms with Crippen molar-refractivity contribution in [1.29, 1.82) is 0 Å². The largest absolute Gasteiger partial charge is 0.379 e. The van der Waals surface area contributed by atoms with E-state index in [1.54, 1.807) is 0 Å². The predicted octanol–water partition coefficient (Wildman–Crippen LogP) is 3.63. The van der Waals surface area contributed by atoms with E-state index in [4.69, 9.17) is 6.57 Å². The summed E-state index contributed by atoms with van der Waals surface area (Å²) < 4.78 is 39.2. The van der Waals surface area contributed by atoms with Crippen LogP contribution >= 0.6 is 0 Å². The fourth-order valence-corrected chi connectivity index (χ4v) is 4.67. The van der Waals surface area contributed by atoms with E-state index < -0.39 is 32.9 Å². The fourth-order valence-electron chi connectivity index (χ4n) is 3.08. The molecule has 0 saturated carbocycles. The summed E-state index contributed by atoms with van der Waals surface area (Å²) in [5.74, 6) is -2.75. The van der Waals surface area contributed by atoms with Crippen molar-refractivity contribution >= 4 is 32.8 Å². The van der Waals surface area contributed by atoms with Gasteiger partial charge < -0.3 is 10.4 Å². The average molecular weight is 460 g/mol. The van der Waals surface area contributed by atoms with Gasteiger partial charge in [0.1, 0.15) is 5.82 Å². The molecule has 1 fully saturated rings. The molecule has 2 aromatic rings. The molecule has 1 amide bonds. The summed E-state index contributed by atoms with van der Waals surface area (Å²) in [7, 11) is -4.03. The van der Waals surface area contributed by atoms with E-state index >= 15 is 0 Å². The minimum absolute atomic E-state index is 0.00899. The number of rotatable bonds is 7. The zero-order chi connectivity index (χ0) is 23.4. The van der Waals surface area contributed by atoms with Gasteiger partial charge in [0.05, 0.1) is 22.9 Å². The quantitative estimate of drug-likeness (QED) is 0.485. The van der Waals surface area contributed by atoms with Crippen molar-refractivity contribution in [3.8, 4) is 0 Å². The van der Waals surface area contributed by atoms with Gasteiger partial charge >= 0.3 is 0 Å². The van der Waals surface area contributed by atoms with E-state index in [2.05, 4.69) is 20.5 Å². The topological polar surface area (TPSA) is 116 Å². The molecule has 0 unspecified atom stereocenters. The number of hydrogen-bond donors (Lipinski definition) is 2. The van der Waals surface area contributed by atoms with Crippen LogP contribution in [0.1, 0.15) is 19.8 Å². The highest BCUT2D eigenvalue weighted by Crippen LogP contribution is 2.24. The first-order valence-electron chi connectivity index (χ1n) is 9.81. The molecule has 2 N–H and O–H groups in total. The highest BCUT2D eigenvalue weighted by Gasteiger charge is 2.36. The van der Waals surface area contributed by atoms with Gasteiger partial charge in [0.2, 0.25) is 5.69 Å². The average Bonchev–Trinajstić information content (AvgIpc) is 3.26. The summed E-state index contributed by atoms with van der Waals surface area (Å²) in [6.45, 7) is 9.56. The smallest absolute Gasteiger partial charge is 0.257 e. The Morgan fingerprint density at radius 2 is 1.91 bits per heavy atom. The van der Waals surface area contributed by atoms with Crippen LogP contribution in [0, 0.1) is 12.4 Å². The molecule has 0 aliphatic carbocycles. The Balaban J connectivity index is 1.67. The summed E-state index contributed by atoms with van der Waals surface area (Å²) in [6.07, 6.45) is 2.12. The number of nitrogens with one attached hydrogen (secondary N) is 1. The maximum absolute atomic E-state index is 13.7. The van der Waals surface area contributed by atoms with Crippen LogP contribution in [0.15, 0.2) is 57.7 Å². The van der Waals surface area contributed by atoms with Crippen molar-refractivity contribution in [2.75, 3.05) is 24.2 Å². The molecule has 1 atom stereocenters. The molecular formula is C21H22FN5O4S. The molecule has 168 valence electrons. The van der Waals surface area contributed by atoms with Gasteiger partial charge in [-0.25, -0.2) is 17.7 Å². The first kappa shape index (κ1) is 23.3. The SMILES string of the molecule is [C-]#[N+]c1ccc(NC(=O)[C@@](C)(O)CS(=O)(=O)c2ccc(N=NN3CCCC3)cc2)cc1F. The summed E-state index contributed by atoms with van der Waals surface area (Å²) in [6, 6.07) is 9.03. The van der Waals surface area contributed by atoms with E-state index in [1.165, 1.54) is 36.4 Å². The predicted molar refractivity (Wildman–Crippen MR) is 116 cm³/mol. The lowest BCUT2D eigenvalue weighted by Crippen LogP contribution is -2.45. The number of sulfone groups is 1. The van der Waals surface area contributed by atoms with Gasteiger partial charge in [0.15, 0.2) is 15.4 Å². The summed E-state index contributed by atoms with van der Waals surface area (Å²) in [5, 5.41) is 22.8.